The molecule has 0 spiro atoms. The summed E-state index contributed by atoms with van der Waals surface area (Å²) in [4.78, 5) is 28.4. The van der Waals surface area contributed by atoms with Gasteiger partial charge in [0, 0.05) is 12.1 Å². The van der Waals surface area contributed by atoms with E-state index in [4.69, 9.17) is 0 Å². The second-order valence-electron chi connectivity index (χ2n) is 4.93. The lowest BCUT2D eigenvalue weighted by Gasteiger charge is -2.02. The molecule has 108 valence electrons. The number of carbonyl (C=O) groups is 2. The molecule has 2 heterocycles. The third kappa shape index (κ3) is 3.66. The van der Waals surface area contributed by atoms with Crippen molar-refractivity contribution in [2.45, 2.75) is 19.4 Å². The van der Waals surface area contributed by atoms with Crippen LogP contribution in [0.15, 0.2) is 36.5 Å². The minimum Gasteiger partial charge on any atom is -0.346 e. The molecule has 6 heteroatoms. The van der Waals surface area contributed by atoms with Crippen molar-refractivity contribution in [1.29, 1.82) is 0 Å². The topological polar surface area (TPSA) is 71.1 Å². The van der Waals surface area contributed by atoms with E-state index in [0.717, 1.165) is 23.5 Å². The van der Waals surface area contributed by atoms with Crippen molar-refractivity contribution in [1.82, 2.24) is 10.3 Å². The maximum Gasteiger partial charge on any atom is 0.261 e. The van der Waals surface area contributed by atoms with E-state index in [1.165, 1.54) is 11.3 Å². The molecule has 0 bridgehead atoms. The largest absolute Gasteiger partial charge is 0.346 e. The summed E-state index contributed by atoms with van der Waals surface area (Å²) in [5, 5.41) is 6.37. The first-order valence-electron chi connectivity index (χ1n) is 6.81. The Morgan fingerprint density at radius 3 is 2.81 bits per heavy atom. The van der Waals surface area contributed by atoms with Gasteiger partial charge in [-0.1, -0.05) is 6.07 Å². The molecule has 0 saturated heterocycles. The number of rotatable bonds is 5. The normalized spacial score (nSPS) is 13.7. The number of hydrogen-bond acceptors (Lipinski definition) is 4. The van der Waals surface area contributed by atoms with Crippen molar-refractivity contribution < 1.29 is 9.59 Å². The maximum atomic E-state index is 12.0. The number of hydrogen-bond donors (Lipinski definition) is 2. The van der Waals surface area contributed by atoms with Gasteiger partial charge in [0.1, 0.15) is 0 Å². The van der Waals surface area contributed by atoms with Crippen molar-refractivity contribution in [3.8, 4) is 0 Å². The van der Waals surface area contributed by atoms with Gasteiger partial charge in [-0.2, -0.15) is 0 Å². The van der Waals surface area contributed by atoms with Crippen LogP contribution in [0.1, 0.15) is 28.2 Å². The van der Waals surface area contributed by atoms with Crippen LogP contribution in [0.4, 0.5) is 5.00 Å². The highest BCUT2D eigenvalue weighted by molar-refractivity contribution is 7.18. The van der Waals surface area contributed by atoms with Gasteiger partial charge in [0.15, 0.2) is 0 Å². The van der Waals surface area contributed by atoms with Crippen LogP contribution >= 0.6 is 11.3 Å². The fraction of sp³-hybridized carbons (Fsp3) is 0.267. The molecule has 2 amide bonds. The Kier molecular flexibility index (Phi) is 3.96. The number of anilines is 1. The zero-order valence-corrected chi connectivity index (χ0v) is 12.2. The third-order valence-electron chi connectivity index (χ3n) is 3.18. The molecule has 0 unspecified atom stereocenters. The summed E-state index contributed by atoms with van der Waals surface area (Å²) >= 11 is 1.29. The number of thiophene rings is 1. The molecule has 0 radical (unpaired) electrons. The Morgan fingerprint density at radius 1 is 1.24 bits per heavy atom. The zero-order valence-electron chi connectivity index (χ0n) is 11.3. The summed E-state index contributed by atoms with van der Waals surface area (Å²) in [7, 11) is 0. The second kappa shape index (κ2) is 6.05. The summed E-state index contributed by atoms with van der Waals surface area (Å²) in [6, 6.07) is 9.06. The molecule has 0 atom stereocenters. The highest BCUT2D eigenvalue weighted by Crippen LogP contribution is 2.31. The standard InChI is InChI=1S/C15H15N3O2S/c19-14(10-4-5-10)18-13-7-6-12(21-13)15(20)17-9-11-3-1-2-8-16-11/h1-3,6-8,10H,4-5,9H2,(H,17,20)(H,18,19). The van der Waals surface area contributed by atoms with E-state index in [2.05, 4.69) is 15.6 Å². The minimum atomic E-state index is -0.155. The van der Waals surface area contributed by atoms with Crippen molar-refractivity contribution >= 4 is 28.2 Å². The van der Waals surface area contributed by atoms with Crippen molar-refractivity contribution in [3.63, 3.8) is 0 Å². The molecule has 21 heavy (non-hydrogen) atoms. The van der Waals surface area contributed by atoms with Gasteiger partial charge in [-0.15, -0.1) is 11.3 Å². The maximum absolute atomic E-state index is 12.0. The van der Waals surface area contributed by atoms with E-state index >= 15 is 0 Å². The predicted molar refractivity (Wildman–Crippen MR) is 81.1 cm³/mol. The molecular weight excluding hydrogens is 286 g/mol. The summed E-state index contributed by atoms with van der Waals surface area (Å²) < 4.78 is 0. The first-order chi connectivity index (χ1) is 10.2. The molecule has 2 aromatic heterocycles. The summed E-state index contributed by atoms with van der Waals surface area (Å²) in [6.07, 6.45) is 3.63. The lowest BCUT2D eigenvalue weighted by molar-refractivity contribution is -0.117. The zero-order chi connectivity index (χ0) is 14.7. The number of nitrogens with zero attached hydrogens (tertiary/aromatic N) is 1. The van der Waals surface area contributed by atoms with Crippen LogP contribution in [0.25, 0.3) is 0 Å². The Balaban J connectivity index is 1.55. The van der Waals surface area contributed by atoms with E-state index in [1.807, 2.05) is 18.2 Å². The van der Waals surface area contributed by atoms with Gasteiger partial charge < -0.3 is 10.6 Å². The molecule has 2 N–H and O–H groups in total. The fourth-order valence-corrected chi connectivity index (χ4v) is 2.68. The van der Waals surface area contributed by atoms with Gasteiger partial charge in [-0.3, -0.25) is 14.6 Å². The molecule has 5 nitrogen and oxygen atoms in total. The number of aromatic nitrogens is 1. The lowest BCUT2D eigenvalue weighted by Crippen LogP contribution is -2.22. The Bertz CT molecular complexity index is 650. The van der Waals surface area contributed by atoms with Crippen LogP contribution in [0.2, 0.25) is 0 Å². The minimum absolute atomic E-state index is 0.0530. The van der Waals surface area contributed by atoms with Crippen LogP contribution in [0, 0.1) is 5.92 Å². The van der Waals surface area contributed by atoms with Gasteiger partial charge in [-0.25, -0.2) is 0 Å². The third-order valence-corrected chi connectivity index (χ3v) is 4.18. The molecular formula is C15H15N3O2S. The average Bonchev–Trinajstić information content (AvgIpc) is 3.26. The van der Waals surface area contributed by atoms with E-state index in [0.29, 0.717) is 11.4 Å². The molecule has 1 fully saturated rings. The van der Waals surface area contributed by atoms with Gasteiger partial charge in [0.05, 0.1) is 22.1 Å². The highest BCUT2D eigenvalue weighted by atomic mass is 32.1. The molecule has 0 aromatic carbocycles. The van der Waals surface area contributed by atoms with Gasteiger partial charge in [-0.05, 0) is 37.1 Å². The first kappa shape index (κ1) is 13.8. The smallest absolute Gasteiger partial charge is 0.261 e. The van der Waals surface area contributed by atoms with Crippen LogP contribution in [-0.2, 0) is 11.3 Å². The number of pyridine rings is 1. The Hall–Kier alpha value is -2.21. The van der Waals surface area contributed by atoms with Gasteiger partial charge in [0.2, 0.25) is 5.91 Å². The average molecular weight is 301 g/mol. The number of carbonyl (C=O) groups excluding carboxylic acids is 2. The van der Waals surface area contributed by atoms with Crippen molar-refractivity contribution in [2.75, 3.05) is 5.32 Å². The number of amides is 2. The highest BCUT2D eigenvalue weighted by Gasteiger charge is 2.29. The summed E-state index contributed by atoms with van der Waals surface area (Å²) in [5.41, 5.74) is 0.810. The molecule has 1 saturated carbocycles. The van der Waals surface area contributed by atoms with Crippen LogP contribution in [-0.4, -0.2) is 16.8 Å². The fourth-order valence-electron chi connectivity index (χ4n) is 1.86. The summed E-state index contributed by atoms with van der Waals surface area (Å²) in [5.74, 6) is 0.0587. The van der Waals surface area contributed by atoms with Crippen LogP contribution in [0.5, 0.6) is 0 Å². The molecule has 0 aliphatic heterocycles. The SMILES string of the molecule is O=C(NCc1ccccn1)c1ccc(NC(=O)C2CC2)s1. The molecule has 1 aliphatic rings. The second-order valence-corrected chi connectivity index (χ2v) is 6.01. The number of nitrogens with one attached hydrogen (secondary N) is 2. The first-order valence-corrected chi connectivity index (χ1v) is 7.63. The molecule has 3 rings (SSSR count). The van der Waals surface area contributed by atoms with Crippen molar-refractivity contribution in [3.05, 3.63) is 47.1 Å². The quantitative estimate of drug-likeness (QED) is 0.891. The van der Waals surface area contributed by atoms with E-state index in [9.17, 15) is 9.59 Å². The predicted octanol–water partition coefficient (Wildman–Crippen LogP) is 2.42. The van der Waals surface area contributed by atoms with E-state index in [1.54, 1.807) is 18.3 Å². The lowest BCUT2D eigenvalue weighted by atomic mass is 10.3. The summed E-state index contributed by atoms with van der Waals surface area (Å²) in [6.45, 7) is 0.390. The monoisotopic (exact) mass is 301 g/mol. The van der Waals surface area contributed by atoms with Gasteiger partial charge in [0.25, 0.3) is 5.91 Å². The van der Waals surface area contributed by atoms with E-state index in [-0.39, 0.29) is 17.7 Å². The van der Waals surface area contributed by atoms with E-state index < -0.39 is 0 Å². The van der Waals surface area contributed by atoms with Gasteiger partial charge >= 0.3 is 0 Å². The van der Waals surface area contributed by atoms with Crippen molar-refractivity contribution in [2.24, 2.45) is 5.92 Å². The molecule has 2 aromatic rings. The van der Waals surface area contributed by atoms with Crippen LogP contribution in [0.3, 0.4) is 0 Å². The Labute approximate surface area is 126 Å². The Morgan fingerprint density at radius 2 is 2.10 bits per heavy atom. The van der Waals surface area contributed by atoms with Crippen LogP contribution < -0.4 is 10.6 Å². The molecule has 1 aliphatic carbocycles.